The third kappa shape index (κ3) is 7.85. The summed E-state index contributed by atoms with van der Waals surface area (Å²) in [4.78, 5) is 13.3. The van der Waals surface area contributed by atoms with Gasteiger partial charge in [0.1, 0.15) is 17.2 Å². The lowest BCUT2D eigenvalue weighted by atomic mass is 9.99. The van der Waals surface area contributed by atoms with Gasteiger partial charge in [-0.2, -0.15) is 0 Å². The molecule has 224 valence electrons. The van der Waals surface area contributed by atoms with Crippen LogP contribution in [0, 0.1) is 5.82 Å². The van der Waals surface area contributed by atoms with Crippen LogP contribution in [0.5, 0.6) is 0 Å². The minimum absolute atomic E-state index is 0.0437. The highest BCUT2D eigenvalue weighted by Gasteiger charge is 2.35. The molecule has 1 aliphatic carbocycles. The second-order valence-electron chi connectivity index (χ2n) is 10.1. The number of unbranched alkanes of at least 4 members (excludes halogenated alkanes) is 1. The lowest BCUT2D eigenvalue weighted by molar-refractivity contribution is 0.0156. The molecule has 9 nitrogen and oxygen atoms in total. The van der Waals surface area contributed by atoms with E-state index in [0.717, 1.165) is 44.1 Å². The molecule has 41 heavy (non-hydrogen) atoms. The van der Waals surface area contributed by atoms with Gasteiger partial charge in [0, 0.05) is 19.2 Å². The van der Waals surface area contributed by atoms with E-state index in [1.807, 2.05) is 6.07 Å². The van der Waals surface area contributed by atoms with Gasteiger partial charge in [-0.25, -0.2) is 12.8 Å². The Bertz CT molecular complexity index is 1420. The van der Waals surface area contributed by atoms with Gasteiger partial charge >= 0.3 is 0 Å². The van der Waals surface area contributed by atoms with Crippen LogP contribution >= 0.6 is 0 Å². The quantitative estimate of drug-likeness (QED) is 0.218. The van der Waals surface area contributed by atoms with Crippen LogP contribution in [0.4, 0.5) is 10.1 Å². The number of rotatable bonds is 17. The number of anilines is 1. The molecular formula is C30H39FN2O7S. The Kier molecular flexibility index (Phi) is 10.8. The summed E-state index contributed by atoms with van der Waals surface area (Å²) in [7, 11) is -2.28. The van der Waals surface area contributed by atoms with Gasteiger partial charge in [-0.1, -0.05) is 19.4 Å². The van der Waals surface area contributed by atoms with Gasteiger partial charge in [0.15, 0.2) is 0 Å². The monoisotopic (exact) mass is 590 g/mol. The molecule has 0 bridgehead atoms. The lowest BCUT2D eigenvalue weighted by Gasteiger charge is -2.26. The normalized spacial score (nSPS) is 13.6. The number of benzene rings is 2. The minimum Gasteiger partial charge on any atom is -0.455 e. The number of sulfonamides is 1. The van der Waals surface area contributed by atoms with Crippen molar-refractivity contribution >= 4 is 32.6 Å². The molecule has 1 N–H and O–H groups in total. The Labute approximate surface area is 241 Å². The van der Waals surface area contributed by atoms with Crippen molar-refractivity contribution in [2.24, 2.45) is 0 Å². The number of ether oxygens (including phenoxy) is 3. The predicted molar refractivity (Wildman–Crippen MR) is 157 cm³/mol. The molecule has 4 rings (SSSR count). The van der Waals surface area contributed by atoms with E-state index in [1.165, 1.54) is 35.6 Å². The second-order valence-corrected chi connectivity index (χ2v) is 12.0. The molecule has 0 atom stereocenters. The number of halogens is 1. The molecule has 0 radical (unpaired) electrons. The van der Waals surface area contributed by atoms with Gasteiger partial charge in [0.25, 0.3) is 5.91 Å². The van der Waals surface area contributed by atoms with Crippen molar-refractivity contribution in [1.82, 2.24) is 5.32 Å². The summed E-state index contributed by atoms with van der Waals surface area (Å²) < 4.78 is 64.3. The number of amides is 1. The Balaban J connectivity index is 1.61. The van der Waals surface area contributed by atoms with Crippen LogP contribution in [0.15, 0.2) is 40.8 Å². The van der Waals surface area contributed by atoms with Crippen LogP contribution in [0.2, 0.25) is 0 Å². The van der Waals surface area contributed by atoms with Gasteiger partial charge in [0.2, 0.25) is 10.0 Å². The first kappa shape index (κ1) is 31.0. The summed E-state index contributed by atoms with van der Waals surface area (Å²) in [6.07, 6.45) is 5.09. The lowest BCUT2D eigenvalue weighted by Crippen LogP contribution is -2.34. The van der Waals surface area contributed by atoms with E-state index < -0.39 is 21.7 Å². The molecule has 1 saturated carbocycles. The van der Waals surface area contributed by atoms with Crippen LogP contribution in [0.3, 0.4) is 0 Å². The van der Waals surface area contributed by atoms with Crippen LogP contribution in [-0.2, 0) is 24.2 Å². The van der Waals surface area contributed by atoms with E-state index in [-0.39, 0.29) is 30.4 Å². The molecule has 1 aliphatic rings. The highest BCUT2D eigenvalue weighted by atomic mass is 32.2. The first-order chi connectivity index (χ1) is 19.8. The first-order valence-corrected chi connectivity index (χ1v) is 15.9. The first-order valence-electron chi connectivity index (χ1n) is 14.0. The van der Waals surface area contributed by atoms with Crippen molar-refractivity contribution in [3.63, 3.8) is 0 Å². The summed E-state index contributed by atoms with van der Waals surface area (Å²) in [6.45, 7) is 4.65. The highest BCUT2D eigenvalue weighted by Crippen LogP contribution is 2.49. The summed E-state index contributed by atoms with van der Waals surface area (Å²) >= 11 is 0. The minimum atomic E-state index is -3.78. The van der Waals surface area contributed by atoms with E-state index in [2.05, 4.69) is 12.2 Å². The fourth-order valence-corrected chi connectivity index (χ4v) is 5.64. The number of furan rings is 1. The van der Waals surface area contributed by atoms with Gasteiger partial charge < -0.3 is 23.9 Å². The van der Waals surface area contributed by atoms with Crippen molar-refractivity contribution in [3.8, 4) is 11.3 Å². The second kappa shape index (κ2) is 14.3. The number of carbonyl (C=O) groups excluding carboxylic acids is 1. The van der Waals surface area contributed by atoms with Crippen molar-refractivity contribution in [2.45, 2.75) is 38.5 Å². The van der Waals surface area contributed by atoms with Crippen molar-refractivity contribution < 1.29 is 36.2 Å². The van der Waals surface area contributed by atoms with E-state index in [1.54, 1.807) is 6.07 Å². The van der Waals surface area contributed by atoms with Crippen molar-refractivity contribution in [3.05, 3.63) is 53.3 Å². The molecule has 0 aliphatic heterocycles. The Hall–Kier alpha value is -2.99. The van der Waals surface area contributed by atoms with E-state index in [9.17, 15) is 17.6 Å². The maximum atomic E-state index is 13.7. The van der Waals surface area contributed by atoms with E-state index in [4.69, 9.17) is 18.6 Å². The molecule has 1 heterocycles. The number of fused-ring (bicyclic) bond motifs is 1. The molecule has 1 aromatic heterocycles. The maximum absolute atomic E-state index is 13.7. The Morgan fingerprint density at radius 1 is 1.00 bits per heavy atom. The third-order valence-corrected chi connectivity index (χ3v) is 8.08. The average Bonchev–Trinajstić information content (AvgIpc) is 3.72. The molecule has 0 saturated heterocycles. The summed E-state index contributed by atoms with van der Waals surface area (Å²) in [5, 5.41) is 3.06. The summed E-state index contributed by atoms with van der Waals surface area (Å²) in [6, 6.07) is 9.28. The zero-order chi connectivity index (χ0) is 29.4. The van der Waals surface area contributed by atoms with Crippen LogP contribution in [-0.4, -0.2) is 73.8 Å². The molecule has 2 aromatic carbocycles. The molecule has 1 amide bonds. The zero-order valence-corrected chi connectivity index (χ0v) is 24.7. The molecule has 3 aromatic rings. The fourth-order valence-electron chi connectivity index (χ4n) is 4.71. The number of hydrogen-bond donors (Lipinski definition) is 1. The third-order valence-electron chi connectivity index (χ3n) is 6.91. The Morgan fingerprint density at radius 2 is 1.63 bits per heavy atom. The fraction of sp³-hybridized carbons (Fsp3) is 0.500. The SMILES string of the molecule is CCCCOCCOCCOCCN(c1c(C2CC2)ccc2oc(-c3ccc(F)cc3)c(C(=O)NC)c12)S(C)(=O)=O. The Morgan fingerprint density at radius 3 is 2.22 bits per heavy atom. The van der Waals surface area contributed by atoms with Crippen LogP contribution < -0.4 is 9.62 Å². The molecular weight excluding hydrogens is 551 g/mol. The van der Waals surface area contributed by atoms with Crippen molar-refractivity contribution in [2.75, 3.05) is 63.8 Å². The highest BCUT2D eigenvalue weighted by molar-refractivity contribution is 7.92. The molecule has 1 fully saturated rings. The van der Waals surface area contributed by atoms with Gasteiger partial charge in [-0.05, 0) is 61.1 Å². The topological polar surface area (TPSA) is 107 Å². The predicted octanol–water partition coefficient (Wildman–Crippen LogP) is 5.09. The van der Waals surface area contributed by atoms with Crippen LogP contribution in [0.1, 0.15) is 54.4 Å². The number of nitrogens with zero attached hydrogens (tertiary/aromatic N) is 1. The van der Waals surface area contributed by atoms with Gasteiger partial charge in [-0.15, -0.1) is 0 Å². The number of nitrogens with one attached hydrogen (secondary N) is 1. The standard InChI is InChI=1S/C30H39FN2O7S/c1-4-5-15-37-17-19-39-20-18-38-16-14-33(41(3,35)36)28-24(21-6-7-21)12-13-25-26(28)27(30(34)32-2)29(40-25)22-8-10-23(31)11-9-22/h8-13,21H,4-7,14-20H2,1-3H3,(H,32,34). The van der Waals surface area contributed by atoms with Crippen molar-refractivity contribution in [1.29, 1.82) is 0 Å². The number of carbonyl (C=O) groups is 1. The van der Waals surface area contributed by atoms with Gasteiger partial charge in [-0.3, -0.25) is 9.10 Å². The molecule has 0 spiro atoms. The molecule has 11 heteroatoms. The number of hydrogen-bond acceptors (Lipinski definition) is 7. The van der Waals surface area contributed by atoms with E-state index >= 15 is 0 Å². The van der Waals surface area contributed by atoms with E-state index in [0.29, 0.717) is 48.6 Å². The summed E-state index contributed by atoms with van der Waals surface area (Å²) in [5.41, 5.74) is 2.34. The zero-order valence-electron chi connectivity index (χ0n) is 23.9. The maximum Gasteiger partial charge on any atom is 0.255 e. The van der Waals surface area contributed by atoms with Crippen LogP contribution in [0.25, 0.3) is 22.3 Å². The average molecular weight is 591 g/mol. The largest absolute Gasteiger partial charge is 0.455 e. The molecule has 0 unspecified atom stereocenters. The smallest absolute Gasteiger partial charge is 0.255 e. The summed E-state index contributed by atoms with van der Waals surface area (Å²) in [5.74, 6) is -0.432. The van der Waals surface area contributed by atoms with Gasteiger partial charge in [0.05, 0.1) is 62.5 Å².